The summed E-state index contributed by atoms with van der Waals surface area (Å²) in [4.78, 5) is 12.5. The number of hydrogen-bond donors (Lipinski definition) is 0. The van der Waals surface area contributed by atoms with Crippen LogP contribution in [0.2, 0.25) is 0 Å². The van der Waals surface area contributed by atoms with Gasteiger partial charge in [0.05, 0.1) is 0 Å². The van der Waals surface area contributed by atoms with Gasteiger partial charge in [-0.05, 0) is 92.3 Å². The van der Waals surface area contributed by atoms with E-state index in [1.165, 1.54) is 109 Å². The molecule has 2 heteroatoms. The first-order chi connectivity index (χ1) is 17.9. The van der Waals surface area contributed by atoms with E-state index in [1.807, 2.05) is 0 Å². The Labute approximate surface area is 230 Å². The molecule has 0 spiro atoms. The lowest BCUT2D eigenvalue weighted by Gasteiger charge is -2.58. The SMILES string of the molecule is CCCCCCCC[C@H]1CC[C@H]2[C@H]3CC=C4C[C@@H](OC(=O)CCCCCCC)CC[C@]4(C)[C@@H]3CC[C@]12C. The molecular weight excluding hydrogens is 452 g/mol. The molecule has 4 rings (SSSR count). The fraction of sp³-hybridized carbons (Fsp3) is 0.914. The van der Waals surface area contributed by atoms with Crippen LogP contribution in [0.15, 0.2) is 11.6 Å². The van der Waals surface area contributed by atoms with Gasteiger partial charge in [0.2, 0.25) is 0 Å². The summed E-state index contributed by atoms with van der Waals surface area (Å²) >= 11 is 0. The van der Waals surface area contributed by atoms with Crippen molar-refractivity contribution in [2.75, 3.05) is 0 Å². The summed E-state index contributed by atoms with van der Waals surface area (Å²) in [5, 5.41) is 0. The third kappa shape index (κ3) is 6.69. The second-order valence-corrected chi connectivity index (χ2v) is 14.2. The van der Waals surface area contributed by atoms with Crippen molar-refractivity contribution in [3.63, 3.8) is 0 Å². The molecule has 0 saturated heterocycles. The van der Waals surface area contributed by atoms with Gasteiger partial charge in [0.15, 0.2) is 0 Å². The van der Waals surface area contributed by atoms with E-state index < -0.39 is 0 Å². The van der Waals surface area contributed by atoms with Gasteiger partial charge in [-0.25, -0.2) is 0 Å². The van der Waals surface area contributed by atoms with Crippen LogP contribution in [0.3, 0.4) is 0 Å². The highest BCUT2D eigenvalue weighted by atomic mass is 16.5. The molecule has 37 heavy (non-hydrogen) atoms. The highest BCUT2D eigenvalue weighted by Gasteiger charge is 2.58. The van der Waals surface area contributed by atoms with Crippen molar-refractivity contribution >= 4 is 5.97 Å². The van der Waals surface area contributed by atoms with Crippen molar-refractivity contribution in [3.05, 3.63) is 11.6 Å². The molecule has 3 fully saturated rings. The van der Waals surface area contributed by atoms with Gasteiger partial charge in [-0.15, -0.1) is 0 Å². The molecule has 0 heterocycles. The van der Waals surface area contributed by atoms with Gasteiger partial charge in [-0.2, -0.15) is 0 Å². The minimum atomic E-state index is 0.0511. The highest BCUT2D eigenvalue weighted by Crippen LogP contribution is 2.66. The third-order valence-electron chi connectivity index (χ3n) is 11.9. The Morgan fingerprint density at radius 1 is 0.838 bits per heavy atom. The molecule has 0 bridgehead atoms. The number of allylic oxidation sites excluding steroid dienone is 1. The maximum Gasteiger partial charge on any atom is 0.306 e. The first-order valence-electron chi connectivity index (χ1n) is 16.8. The van der Waals surface area contributed by atoms with E-state index in [9.17, 15) is 4.79 Å². The topological polar surface area (TPSA) is 26.3 Å². The zero-order chi connectivity index (χ0) is 26.3. The molecule has 2 nitrogen and oxygen atoms in total. The molecule has 4 aliphatic rings. The lowest BCUT2D eigenvalue weighted by Crippen LogP contribution is -2.50. The Morgan fingerprint density at radius 2 is 1.54 bits per heavy atom. The van der Waals surface area contributed by atoms with E-state index in [2.05, 4.69) is 33.8 Å². The van der Waals surface area contributed by atoms with Crippen LogP contribution in [0, 0.1) is 34.5 Å². The van der Waals surface area contributed by atoms with E-state index in [4.69, 9.17) is 4.74 Å². The second kappa shape index (κ2) is 13.5. The maximum absolute atomic E-state index is 12.5. The van der Waals surface area contributed by atoms with Gasteiger partial charge in [0.1, 0.15) is 6.10 Å². The summed E-state index contributed by atoms with van der Waals surface area (Å²) in [6.07, 6.45) is 29.8. The highest BCUT2D eigenvalue weighted by molar-refractivity contribution is 5.69. The molecule has 0 radical (unpaired) electrons. The van der Waals surface area contributed by atoms with Crippen LogP contribution in [0.5, 0.6) is 0 Å². The molecular formula is C35H60O2. The number of rotatable bonds is 14. The summed E-state index contributed by atoms with van der Waals surface area (Å²) < 4.78 is 6.02. The lowest BCUT2D eigenvalue weighted by molar-refractivity contribution is -0.151. The number of hydrogen-bond acceptors (Lipinski definition) is 2. The fourth-order valence-corrected chi connectivity index (χ4v) is 9.60. The molecule has 0 aromatic carbocycles. The standard InChI is InChI=1S/C35H60O2/c1-5-7-9-11-13-14-16-27-19-21-31-30-20-18-28-26-29(37-33(36)17-15-12-10-8-6-2)22-24-35(28,4)32(30)23-25-34(27,31)3/h18,27,29-32H,5-17,19-26H2,1-4H3/t27-,29-,30+,31-,32+,34+,35-/m0/s1. The Kier molecular flexibility index (Phi) is 10.7. The van der Waals surface area contributed by atoms with E-state index >= 15 is 0 Å². The van der Waals surface area contributed by atoms with E-state index in [1.54, 1.807) is 5.57 Å². The van der Waals surface area contributed by atoms with Gasteiger partial charge >= 0.3 is 5.97 Å². The van der Waals surface area contributed by atoms with Gasteiger partial charge in [0, 0.05) is 12.8 Å². The number of esters is 1. The van der Waals surface area contributed by atoms with Crippen molar-refractivity contribution in [2.24, 2.45) is 34.5 Å². The third-order valence-corrected chi connectivity index (χ3v) is 11.9. The van der Waals surface area contributed by atoms with Crippen LogP contribution in [0.1, 0.15) is 163 Å². The Morgan fingerprint density at radius 3 is 2.30 bits per heavy atom. The average Bonchev–Trinajstić information content (AvgIpc) is 3.22. The van der Waals surface area contributed by atoms with Gasteiger partial charge in [-0.1, -0.05) is 104 Å². The molecule has 0 unspecified atom stereocenters. The normalized spacial score (nSPS) is 36.9. The molecule has 212 valence electrons. The number of fused-ring (bicyclic) bond motifs is 5. The van der Waals surface area contributed by atoms with Crippen molar-refractivity contribution in [3.8, 4) is 0 Å². The van der Waals surface area contributed by atoms with E-state index in [-0.39, 0.29) is 12.1 Å². The van der Waals surface area contributed by atoms with Crippen molar-refractivity contribution in [1.29, 1.82) is 0 Å². The van der Waals surface area contributed by atoms with Crippen LogP contribution < -0.4 is 0 Å². The molecule has 7 atom stereocenters. The quantitative estimate of drug-likeness (QED) is 0.131. The van der Waals surface area contributed by atoms with Gasteiger partial charge in [-0.3, -0.25) is 4.79 Å². The van der Waals surface area contributed by atoms with Gasteiger partial charge < -0.3 is 4.74 Å². The number of carbonyl (C=O) groups excluding carboxylic acids is 1. The van der Waals surface area contributed by atoms with Crippen molar-refractivity contribution < 1.29 is 9.53 Å². The van der Waals surface area contributed by atoms with Crippen LogP contribution in [-0.4, -0.2) is 12.1 Å². The molecule has 0 aromatic rings. The summed E-state index contributed by atoms with van der Waals surface area (Å²) in [5.41, 5.74) is 2.59. The van der Waals surface area contributed by atoms with E-state index in [0.717, 1.165) is 42.9 Å². The summed E-state index contributed by atoms with van der Waals surface area (Å²) in [6, 6.07) is 0. The number of unbranched alkanes of at least 4 members (excludes halogenated alkanes) is 9. The average molecular weight is 513 g/mol. The Balaban J connectivity index is 1.29. The smallest absolute Gasteiger partial charge is 0.306 e. The number of ether oxygens (including phenoxy) is 1. The first kappa shape index (κ1) is 29.2. The zero-order valence-electron chi connectivity index (χ0n) is 25.1. The predicted octanol–water partition coefficient (Wildman–Crippen LogP) is 10.6. The minimum absolute atomic E-state index is 0.0511. The summed E-state index contributed by atoms with van der Waals surface area (Å²) in [5.74, 6) is 3.71. The summed E-state index contributed by atoms with van der Waals surface area (Å²) in [6.45, 7) is 9.84. The largest absolute Gasteiger partial charge is 0.462 e. The van der Waals surface area contributed by atoms with E-state index in [0.29, 0.717) is 17.3 Å². The van der Waals surface area contributed by atoms with Crippen LogP contribution >= 0.6 is 0 Å². The monoisotopic (exact) mass is 512 g/mol. The molecule has 0 aromatic heterocycles. The molecule has 4 aliphatic carbocycles. The Hall–Kier alpha value is -0.790. The van der Waals surface area contributed by atoms with Crippen molar-refractivity contribution in [1.82, 2.24) is 0 Å². The molecule has 0 aliphatic heterocycles. The molecule has 0 amide bonds. The first-order valence-corrected chi connectivity index (χ1v) is 16.8. The zero-order valence-corrected chi connectivity index (χ0v) is 25.1. The van der Waals surface area contributed by atoms with Crippen LogP contribution in [0.25, 0.3) is 0 Å². The van der Waals surface area contributed by atoms with Crippen molar-refractivity contribution in [2.45, 2.75) is 169 Å². The lowest BCUT2D eigenvalue weighted by atomic mass is 9.47. The molecule has 3 saturated carbocycles. The number of carbonyl (C=O) groups is 1. The second-order valence-electron chi connectivity index (χ2n) is 14.2. The van der Waals surface area contributed by atoms with Crippen LogP contribution in [-0.2, 0) is 9.53 Å². The predicted molar refractivity (Wildman–Crippen MR) is 156 cm³/mol. The molecule has 0 N–H and O–H groups in total. The fourth-order valence-electron chi connectivity index (χ4n) is 9.60. The maximum atomic E-state index is 12.5. The minimum Gasteiger partial charge on any atom is -0.462 e. The summed E-state index contributed by atoms with van der Waals surface area (Å²) in [7, 11) is 0. The van der Waals surface area contributed by atoms with Crippen LogP contribution in [0.4, 0.5) is 0 Å². The van der Waals surface area contributed by atoms with Gasteiger partial charge in [0.25, 0.3) is 0 Å². The Bertz CT molecular complexity index is 754.